The number of amides is 2. The maximum Gasteiger partial charge on any atom is 0.307 e. The Morgan fingerprint density at radius 2 is 1.78 bits per heavy atom. The Hall–Kier alpha value is -4.47. The number of nitrogens with one attached hydrogen (secondary N) is 1. The lowest BCUT2D eigenvalue weighted by Gasteiger charge is -2.27. The Morgan fingerprint density at radius 1 is 1.08 bits per heavy atom. The van der Waals surface area contributed by atoms with Gasteiger partial charge in [0.25, 0.3) is 11.8 Å². The second-order valence-corrected chi connectivity index (χ2v) is 13.6. The van der Waals surface area contributed by atoms with Crippen LogP contribution in [-0.2, 0) is 27.2 Å². The second kappa shape index (κ2) is 14.2. The summed E-state index contributed by atoms with van der Waals surface area (Å²) >= 11 is 7.21. The molecule has 2 aliphatic carbocycles. The van der Waals surface area contributed by atoms with E-state index in [0.29, 0.717) is 23.0 Å². The van der Waals surface area contributed by atoms with E-state index in [9.17, 15) is 19.5 Å². The third-order valence-electron chi connectivity index (χ3n) is 10.1. The third kappa shape index (κ3) is 6.49. The van der Waals surface area contributed by atoms with Crippen LogP contribution in [-0.4, -0.2) is 72.0 Å². The molecule has 2 heterocycles. The average Bonchev–Trinajstić information content (AvgIpc) is 3.37. The molecule has 9 nitrogen and oxygen atoms in total. The van der Waals surface area contributed by atoms with Gasteiger partial charge in [-0.25, -0.2) is 4.98 Å². The van der Waals surface area contributed by atoms with Crippen LogP contribution >= 0.6 is 11.6 Å². The lowest BCUT2D eigenvalue weighted by molar-refractivity contribution is -0.139. The molecular formula is C39H43ClN4O5. The summed E-state index contributed by atoms with van der Waals surface area (Å²) in [6.45, 7) is 5.60. The fourth-order valence-corrected chi connectivity index (χ4v) is 8.00. The summed E-state index contributed by atoms with van der Waals surface area (Å²) in [7, 11) is 4.89. The molecule has 3 atom stereocenters. The van der Waals surface area contributed by atoms with Crippen molar-refractivity contribution in [3.05, 3.63) is 88.0 Å². The number of aromatic nitrogens is 1. The number of methoxy groups -OCH3 is 1. The first kappa shape index (κ1) is 34.4. The second-order valence-electron chi connectivity index (χ2n) is 13.2. The van der Waals surface area contributed by atoms with Crippen LogP contribution in [0.4, 0.5) is 5.69 Å². The maximum absolute atomic E-state index is 13.5. The molecule has 3 aromatic rings. The molecule has 0 spiro atoms. The third-order valence-corrected chi connectivity index (χ3v) is 10.5. The molecule has 2 N–H and O–H groups in total. The number of nitrogens with zero attached hydrogens (tertiary/aromatic N) is 3. The van der Waals surface area contributed by atoms with E-state index in [-0.39, 0.29) is 35.3 Å². The normalized spacial score (nSPS) is 21.4. The average molecular weight is 683 g/mol. The lowest BCUT2D eigenvalue weighted by atomic mass is 9.94. The van der Waals surface area contributed by atoms with Crippen molar-refractivity contribution in [3.8, 4) is 28.3 Å². The topological polar surface area (TPSA) is 112 Å². The minimum absolute atomic E-state index is 0.0482. The number of rotatable bonds is 11. The summed E-state index contributed by atoms with van der Waals surface area (Å²) in [5.41, 5.74) is 7.00. The number of carboxylic acid groups (broad SMARTS) is 1. The molecule has 1 saturated carbocycles. The van der Waals surface area contributed by atoms with Crippen LogP contribution < -0.4 is 10.1 Å². The SMILES string of the molecule is CC/C=C/C=C(/C(=O)Nc1cccc(-c2cccc(-c3cc4c(c(OC)n3)[C@H](N3CC5C(C3)C5C(=O)O)CC4)c2Cl)c1CC)C(=O)N(C)C. The highest BCUT2D eigenvalue weighted by Crippen LogP contribution is 2.55. The Balaban J connectivity index is 1.30. The molecule has 6 rings (SSSR count). The molecule has 0 radical (unpaired) electrons. The molecule has 0 bridgehead atoms. The van der Waals surface area contributed by atoms with Crippen molar-refractivity contribution in [2.75, 3.05) is 39.6 Å². The fraction of sp³-hybridized carbons (Fsp3) is 0.385. The summed E-state index contributed by atoms with van der Waals surface area (Å²) in [6.07, 6.45) is 8.38. The van der Waals surface area contributed by atoms with Gasteiger partial charge in [0.1, 0.15) is 5.57 Å². The van der Waals surface area contributed by atoms with Gasteiger partial charge >= 0.3 is 5.97 Å². The number of likely N-dealkylation sites (N-methyl/N-ethyl adjacent to an activating group) is 1. The van der Waals surface area contributed by atoms with Crippen molar-refractivity contribution in [2.24, 2.45) is 17.8 Å². The van der Waals surface area contributed by atoms with Crippen LogP contribution in [0.5, 0.6) is 5.88 Å². The lowest BCUT2D eigenvalue weighted by Crippen LogP contribution is -2.30. The molecule has 1 aliphatic heterocycles. The molecule has 2 unspecified atom stereocenters. The Kier molecular flexibility index (Phi) is 9.95. The number of halogens is 1. The number of pyridine rings is 1. The van der Waals surface area contributed by atoms with E-state index in [1.165, 1.54) is 10.5 Å². The number of anilines is 1. The van der Waals surface area contributed by atoms with E-state index in [4.69, 9.17) is 21.3 Å². The molecular weight excluding hydrogens is 640 g/mol. The number of piperidine rings is 1. The zero-order valence-electron chi connectivity index (χ0n) is 28.6. The highest BCUT2D eigenvalue weighted by Gasteiger charge is 2.60. The molecule has 3 aliphatic rings. The molecule has 1 aromatic heterocycles. The van der Waals surface area contributed by atoms with Gasteiger partial charge in [0, 0.05) is 55.6 Å². The number of carbonyl (C=O) groups excluding carboxylic acids is 2. The van der Waals surface area contributed by atoms with Crippen LogP contribution in [0.2, 0.25) is 5.02 Å². The number of aliphatic carboxylic acids is 1. The van der Waals surface area contributed by atoms with Gasteiger partial charge in [-0.3, -0.25) is 19.3 Å². The summed E-state index contributed by atoms with van der Waals surface area (Å²) < 4.78 is 5.88. The smallest absolute Gasteiger partial charge is 0.307 e. The van der Waals surface area contributed by atoms with Gasteiger partial charge in [0.15, 0.2) is 0 Å². The van der Waals surface area contributed by atoms with Crippen LogP contribution in [0, 0.1) is 17.8 Å². The van der Waals surface area contributed by atoms with Gasteiger partial charge in [-0.1, -0.05) is 67.9 Å². The predicted octanol–water partition coefficient (Wildman–Crippen LogP) is 6.81. The largest absolute Gasteiger partial charge is 0.481 e. The number of hydrogen-bond donors (Lipinski definition) is 2. The Labute approximate surface area is 292 Å². The first-order chi connectivity index (χ1) is 23.6. The summed E-state index contributed by atoms with van der Waals surface area (Å²) in [4.78, 5) is 46.6. The number of ether oxygens (including phenoxy) is 1. The van der Waals surface area contributed by atoms with E-state index in [1.54, 1.807) is 33.4 Å². The number of benzene rings is 2. The zero-order valence-corrected chi connectivity index (χ0v) is 29.4. The van der Waals surface area contributed by atoms with Crippen molar-refractivity contribution in [2.45, 2.75) is 45.6 Å². The van der Waals surface area contributed by atoms with E-state index in [0.717, 1.165) is 65.9 Å². The number of aryl methyl sites for hydroxylation is 1. The molecule has 10 heteroatoms. The highest BCUT2D eigenvalue weighted by atomic mass is 35.5. The van der Waals surface area contributed by atoms with E-state index >= 15 is 0 Å². The van der Waals surface area contributed by atoms with Crippen molar-refractivity contribution in [3.63, 3.8) is 0 Å². The summed E-state index contributed by atoms with van der Waals surface area (Å²) in [5.74, 6) is -0.678. The monoisotopic (exact) mass is 682 g/mol. The van der Waals surface area contributed by atoms with Crippen molar-refractivity contribution >= 4 is 35.1 Å². The van der Waals surface area contributed by atoms with Gasteiger partial charge in [-0.05, 0) is 72.4 Å². The van der Waals surface area contributed by atoms with Crippen LogP contribution in [0.15, 0.2) is 66.3 Å². The van der Waals surface area contributed by atoms with Gasteiger partial charge in [-0.2, -0.15) is 0 Å². The number of likely N-dealkylation sites (tertiary alicyclic amines) is 1. The Bertz CT molecular complexity index is 1860. The van der Waals surface area contributed by atoms with Crippen molar-refractivity contribution < 1.29 is 24.2 Å². The fourth-order valence-electron chi connectivity index (χ4n) is 7.67. The number of fused-ring (bicyclic) bond motifs is 2. The molecule has 2 amide bonds. The minimum atomic E-state index is -0.676. The number of carbonyl (C=O) groups is 3. The minimum Gasteiger partial charge on any atom is -0.481 e. The zero-order chi connectivity index (χ0) is 35.0. The molecule has 49 heavy (non-hydrogen) atoms. The molecule has 256 valence electrons. The number of allylic oxidation sites excluding steroid dienone is 3. The molecule has 2 fully saturated rings. The van der Waals surface area contributed by atoms with Crippen molar-refractivity contribution in [1.29, 1.82) is 0 Å². The van der Waals surface area contributed by atoms with Gasteiger partial charge < -0.3 is 20.1 Å². The standard InChI is InChI=1S/C39H43ClN4O5/c1-6-8-9-12-27(38(46)43(3)4)36(45)41-30-16-11-13-24(23(30)7-2)25-14-10-15-26(35(25)40)31-19-22-17-18-32(33(22)37(42-31)49-5)44-20-28-29(21-44)34(28)39(47)48/h8-16,19,28-29,32,34H,6-7,17-18,20-21H2,1-5H3,(H,41,45)(H,47,48)/b9-8+,27-12-/t28?,29?,32-,34?/m1/s1. The maximum atomic E-state index is 13.5. The first-order valence-corrected chi connectivity index (χ1v) is 17.3. The van der Waals surface area contributed by atoms with E-state index < -0.39 is 11.9 Å². The summed E-state index contributed by atoms with van der Waals surface area (Å²) in [5, 5.41) is 13.0. The predicted molar refractivity (Wildman–Crippen MR) is 192 cm³/mol. The van der Waals surface area contributed by atoms with Gasteiger partial charge in [0.05, 0.1) is 23.7 Å². The van der Waals surface area contributed by atoms with E-state index in [2.05, 4.69) is 16.3 Å². The molecule has 2 aromatic carbocycles. The quantitative estimate of drug-likeness (QED) is 0.0989. The van der Waals surface area contributed by atoms with Crippen molar-refractivity contribution in [1.82, 2.24) is 14.8 Å². The summed E-state index contributed by atoms with van der Waals surface area (Å²) in [6, 6.07) is 13.8. The molecule has 1 saturated heterocycles. The number of carboxylic acids is 1. The van der Waals surface area contributed by atoms with Crippen LogP contribution in [0.3, 0.4) is 0 Å². The van der Waals surface area contributed by atoms with E-state index in [1.807, 2.05) is 56.3 Å². The van der Waals surface area contributed by atoms with Gasteiger partial charge in [-0.15, -0.1) is 0 Å². The van der Waals surface area contributed by atoms with Crippen LogP contribution in [0.25, 0.3) is 22.4 Å². The first-order valence-electron chi connectivity index (χ1n) is 16.9. The van der Waals surface area contributed by atoms with Gasteiger partial charge in [0.2, 0.25) is 5.88 Å². The Morgan fingerprint density at radius 3 is 2.43 bits per heavy atom. The highest BCUT2D eigenvalue weighted by molar-refractivity contribution is 6.36. The number of hydrogen-bond acceptors (Lipinski definition) is 6. The van der Waals surface area contributed by atoms with Crippen LogP contribution in [0.1, 0.15) is 49.4 Å².